The first kappa shape index (κ1) is 16.8. The summed E-state index contributed by atoms with van der Waals surface area (Å²) in [5.74, 6) is 1.15. The second kappa shape index (κ2) is 7.25. The van der Waals surface area contributed by atoms with Crippen molar-refractivity contribution >= 4 is 6.09 Å². The standard InChI is InChI=1S/C19H21N3O3/c1-14-13-22(3)18(17(14)16-8-6-12-24-16)25-19(23)21(2)11-9-15-7-4-5-10-20-15/h4-8,10,12-13H,9,11H2,1-3H3. The summed E-state index contributed by atoms with van der Waals surface area (Å²) in [5.41, 5.74) is 2.71. The van der Waals surface area contributed by atoms with Crippen molar-refractivity contribution in [3.8, 4) is 17.2 Å². The number of furan rings is 1. The Labute approximate surface area is 146 Å². The second-order valence-electron chi connectivity index (χ2n) is 5.94. The number of nitrogens with zero attached hydrogens (tertiary/aromatic N) is 3. The number of amides is 1. The Morgan fingerprint density at radius 3 is 2.84 bits per heavy atom. The van der Waals surface area contributed by atoms with Gasteiger partial charge in [0.1, 0.15) is 5.76 Å². The Balaban J connectivity index is 1.71. The van der Waals surface area contributed by atoms with Gasteiger partial charge in [0, 0.05) is 45.1 Å². The average Bonchev–Trinajstić information content (AvgIpc) is 3.22. The van der Waals surface area contributed by atoms with Gasteiger partial charge in [-0.25, -0.2) is 4.79 Å². The molecule has 130 valence electrons. The summed E-state index contributed by atoms with van der Waals surface area (Å²) in [6, 6.07) is 9.41. The summed E-state index contributed by atoms with van der Waals surface area (Å²) in [6.45, 7) is 2.48. The number of rotatable bonds is 5. The fraction of sp³-hybridized carbons (Fsp3) is 0.263. The van der Waals surface area contributed by atoms with Gasteiger partial charge >= 0.3 is 6.09 Å². The molecule has 6 nitrogen and oxygen atoms in total. The lowest BCUT2D eigenvalue weighted by molar-refractivity contribution is 0.160. The molecule has 3 heterocycles. The van der Waals surface area contributed by atoms with E-state index in [1.807, 2.05) is 50.5 Å². The minimum Gasteiger partial charge on any atom is -0.464 e. The Hall–Kier alpha value is -3.02. The first-order valence-corrected chi connectivity index (χ1v) is 8.09. The van der Waals surface area contributed by atoms with Gasteiger partial charge in [-0.05, 0) is 36.8 Å². The fourth-order valence-electron chi connectivity index (χ4n) is 2.68. The normalized spacial score (nSPS) is 10.7. The molecule has 25 heavy (non-hydrogen) atoms. The summed E-state index contributed by atoms with van der Waals surface area (Å²) in [4.78, 5) is 18.3. The van der Waals surface area contributed by atoms with E-state index in [9.17, 15) is 4.79 Å². The number of hydrogen-bond acceptors (Lipinski definition) is 4. The molecule has 0 aromatic carbocycles. The number of hydrogen-bond donors (Lipinski definition) is 0. The van der Waals surface area contributed by atoms with Crippen molar-refractivity contribution in [3.05, 3.63) is 60.2 Å². The summed E-state index contributed by atoms with van der Waals surface area (Å²) >= 11 is 0. The Kier molecular flexibility index (Phi) is 4.88. The van der Waals surface area contributed by atoms with E-state index in [2.05, 4.69) is 4.98 Å². The van der Waals surface area contributed by atoms with Crippen LogP contribution in [0.3, 0.4) is 0 Å². The minimum atomic E-state index is -0.412. The molecule has 0 spiro atoms. The van der Waals surface area contributed by atoms with Crippen LogP contribution >= 0.6 is 0 Å². The minimum absolute atomic E-state index is 0.412. The van der Waals surface area contributed by atoms with Crippen LogP contribution in [0.15, 0.2) is 53.4 Å². The first-order chi connectivity index (χ1) is 12.1. The van der Waals surface area contributed by atoms with Gasteiger partial charge in [-0.15, -0.1) is 0 Å². The lowest BCUT2D eigenvalue weighted by atomic mass is 10.1. The molecule has 0 unspecified atom stereocenters. The number of likely N-dealkylation sites (N-methyl/N-ethyl adjacent to an activating group) is 1. The van der Waals surface area contributed by atoms with Gasteiger partial charge in [-0.2, -0.15) is 0 Å². The van der Waals surface area contributed by atoms with Crippen LogP contribution in [0, 0.1) is 6.92 Å². The molecule has 0 fully saturated rings. The highest BCUT2D eigenvalue weighted by Gasteiger charge is 2.21. The molecular formula is C19H21N3O3. The van der Waals surface area contributed by atoms with Crippen molar-refractivity contribution in [3.63, 3.8) is 0 Å². The molecule has 0 atom stereocenters. The van der Waals surface area contributed by atoms with Crippen LogP contribution in [0.25, 0.3) is 11.3 Å². The molecule has 0 saturated carbocycles. The van der Waals surface area contributed by atoms with Crippen molar-refractivity contribution in [1.29, 1.82) is 0 Å². The monoisotopic (exact) mass is 339 g/mol. The largest absolute Gasteiger partial charge is 0.464 e. The van der Waals surface area contributed by atoms with Gasteiger partial charge in [-0.1, -0.05) is 6.07 Å². The molecular weight excluding hydrogens is 318 g/mol. The number of aromatic nitrogens is 2. The van der Waals surface area contributed by atoms with Crippen LogP contribution in [0.1, 0.15) is 11.3 Å². The van der Waals surface area contributed by atoms with E-state index < -0.39 is 6.09 Å². The average molecular weight is 339 g/mol. The Morgan fingerprint density at radius 1 is 1.32 bits per heavy atom. The fourth-order valence-corrected chi connectivity index (χ4v) is 2.68. The number of ether oxygens (including phenoxy) is 1. The second-order valence-corrected chi connectivity index (χ2v) is 5.94. The summed E-state index contributed by atoms with van der Waals surface area (Å²) in [7, 11) is 3.56. The van der Waals surface area contributed by atoms with Gasteiger partial charge in [0.15, 0.2) is 0 Å². The predicted molar refractivity (Wildman–Crippen MR) is 94.4 cm³/mol. The number of carbonyl (C=O) groups excluding carboxylic acids is 1. The molecule has 0 aliphatic rings. The molecule has 0 aliphatic carbocycles. The van der Waals surface area contributed by atoms with E-state index in [4.69, 9.17) is 9.15 Å². The van der Waals surface area contributed by atoms with E-state index >= 15 is 0 Å². The van der Waals surface area contributed by atoms with Crippen molar-refractivity contribution in [2.24, 2.45) is 7.05 Å². The molecule has 0 aliphatic heterocycles. The smallest absolute Gasteiger partial charge is 0.416 e. The number of aryl methyl sites for hydroxylation is 2. The number of pyridine rings is 1. The lowest BCUT2D eigenvalue weighted by Gasteiger charge is -2.17. The maximum Gasteiger partial charge on any atom is 0.416 e. The zero-order valence-electron chi connectivity index (χ0n) is 14.6. The van der Waals surface area contributed by atoms with Crippen molar-refractivity contribution in [2.75, 3.05) is 13.6 Å². The van der Waals surface area contributed by atoms with Crippen molar-refractivity contribution in [2.45, 2.75) is 13.3 Å². The third kappa shape index (κ3) is 3.74. The maximum absolute atomic E-state index is 12.5. The molecule has 6 heteroatoms. The van der Waals surface area contributed by atoms with Gasteiger partial charge in [0.2, 0.25) is 5.88 Å². The van der Waals surface area contributed by atoms with Crippen LogP contribution in [-0.4, -0.2) is 34.1 Å². The molecule has 1 amide bonds. The summed E-state index contributed by atoms with van der Waals surface area (Å²) in [5, 5.41) is 0. The first-order valence-electron chi connectivity index (χ1n) is 8.09. The molecule has 3 aromatic heterocycles. The quantitative estimate of drug-likeness (QED) is 0.712. The summed E-state index contributed by atoms with van der Waals surface area (Å²) < 4.78 is 12.9. The van der Waals surface area contributed by atoms with Crippen LogP contribution in [0.5, 0.6) is 5.88 Å². The van der Waals surface area contributed by atoms with Crippen molar-refractivity contribution < 1.29 is 13.9 Å². The van der Waals surface area contributed by atoms with E-state index in [0.717, 1.165) is 16.8 Å². The van der Waals surface area contributed by atoms with Crippen molar-refractivity contribution in [1.82, 2.24) is 14.5 Å². The molecule has 0 bridgehead atoms. The molecule has 3 rings (SSSR count). The van der Waals surface area contributed by atoms with E-state index in [0.29, 0.717) is 24.6 Å². The zero-order chi connectivity index (χ0) is 17.8. The van der Waals surface area contributed by atoms with Gasteiger partial charge in [0.05, 0.1) is 11.8 Å². The highest BCUT2D eigenvalue weighted by molar-refractivity contribution is 5.76. The third-order valence-corrected chi connectivity index (χ3v) is 4.01. The molecule has 0 radical (unpaired) electrons. The highest BCUT2D eigenvalue weighted by atomic mass is 16.6. The molecule has 0 saturated heterocycles. The SMILES string of the molecule is Cc1cn(C)c(OC(=O)N(C)CCc2ccccn2)c1-c1ccco1. The lowest BCUT2D eigenvalue weighted by Crippen LogP contribution is -2.32. The van der Waals surface area contributed by atoms with Crippen LogP contribution in [0.2, 0.25) is 0 Å². The van der Waals surface area contributed by atoms with Gasteiger partial charge in [0.25, 0.3) is 0 Å². The van der Waals surface area contributed by atoms with E-state index in [-0.39, 0.29) is 0 Å². The van der Waals surface area contributed by atoms with Crippen LogP contribution in [-0.2, 0) is 13.5 Å². The maximum atomic E-state index is 12.5. The Bertz CT molecular complexity index is 838. The third-order valence-electron chi connectivity index (χ3n) is 4.01. The predicted octanol–water partition coefficient (Wildman–Crippen LogP) is 3.66. The van der Waals surface area contributed by atoms with E-state index in [1.54, 1.807) is 29.0 Å². The van der Waals surface area contributed by atoms with Crippen LogP contribution < -0.4 is 4.74 Å². The topological polar surface area (TPSA) is 60.5 Å². The highest BCUT2D eigenvalue weighted by Crippen LogP contribution is 2.35. The Morgan fingerprint density at radius 2 is 2.16 bits per heavy atom. The molecule has 0 N–H and O–H groups in total. The zero-order valence-corrected chi connectivity index (χ0v) is 14.6. The van der Waals surface area contributed by atoms with Gasteiger partial charge < -0.3 is 18.6 Å². The molecule has 3 aromatic rings. The summed E-state index contributed by atoms with van der Waals surface area (Å²) in [6.07, 6.45) is 5.52. The van der Waals surface area contributed by atoms with E-state index in [1.165, 1.54) is 0 Å². The van der Waals surface area contributed by atoms with Gasteiger partial charge in [-0.3, -0.25) is 4.98 Å². The van der Waals surface area contributed by atoms with Crippen LogP contribution in [0.4, 0.5) is 4.79 Å². The number of carbonyl (C=O) groups is 1.